The van der Waals surface area contributed by atoms with Gasteiger partial charge in [0.25, 0.3) is 10.0 Å². The highest BCUT2D eigenvalue weighted by Gasteiger charge is 2.57. The zero-order valence-electron chi connectivity index (χ0n) is 12.8. The maximum atomic E-state index is 12.7. The summed E-state index contributed by atoms with van der Waals surface area (Å²) in [5, 5.41) is 9.57. The van der Waals surface area contributed by atoms with Crippen molar-refractivity contribution in [2.75, 3.05) is 13.1 Å². The Morgan fingerprint density at radius 1 is 1.50 bits per heavy atom. The van der Waals surface area contributed by atoms with E-state index in [1.807, 2.05) is 13.8 Å². The number of aromatic nitrogens is 2. The third kappa shape index (κ3) is 2.16. The molecule has 22 heavy (non-hydrogen) atoms. The van der Waals surface area contributed by atoms with E-state index in [2.05, 4.69) is 4.98 Å². The molecular weight excluding hydrogens is 306 g/mol. The molecule has 2 atom stereocenters. The number of fused-ring (bicyclic) bond motifs is 1. The molecule has 2 aliphatic rings. The first-order valence-corrected chi connectivity index (χ1v) is 8.98. The first-order chi connectivity index (χ1) is 10.3. The van der Waals surface area contributed by atoms with E-state index in [1.54, 1.807) is 4.57 Å². The van der Waals surface area contributed by atoms with Gasteiger partial charge in [-0.15, -0.1) is 0 Å². The van der Waals surface area contributed by atoms with Crippen LogP contribution < -0.4 is 0 Å². The van der Waals surface area contributed by atoms with E-state index in [-0.39, 0.29) is 30.1 Å². The second-order valence-corrected chi connectivity index (χ2v) is 8.49. The van der Waals surface area contributed by atoms with Crippen molar-refractivity contribution in [3.05, 3.63) is 12.5 Å². The van der Waals surface area contributed by atoms with Crippen molar-refractivity contribution >= 4 is 16.0 Å². The number of hydrogen-bond acceptors (Lipinski definition) is 4. The van der Waals surface area contributed by atoms with Crippen LogP contribution in [0.25, 0.3) is 0 Å². The van der Waals surface area contributed by atoms with Crippen molar-refractivity contribution in [3.8, 4) is 0 Å². The lowest BCUT2D eigenvalue weighted by Crippen LogP contribution is -2.37. The number of imidazole rings is 1. The fourth-order valence-corrected chi connectivity index (χ4v) is 5.12. The van der Waals surface area contributed by atoms with Gasteiger partial charge in [0.2, 0.25) is 0 Å². The van der Waals surface area contributed by atoms with Crippen LogP contribution in [-0.4, -0.2) is 46.4 Å². The van der Waals surface area contributed by atoms with Crippen LogP contribution in [0.4, 0.5) is 0 Å². The van der Waals surface area contributed by atoms with Crippen LogP contribution in [0.2, 0.25) is 0 Å². The van der Waals surface area contributed by atoms with Crippen LogP contribution in [0.1, 0.15) is 39.2 Å². The number of aliphatic carboxylic acids is 1. The van der Waals surface area contributed by atoms with Crippen LogP contribution in [-0.2, 0) is 14.8 Å². The van der Waals surface area contributed by atoms with Gasteiger partial charge in [-0.1, -0.05) is 6.42 Å². The number of carbonyl (C=O) groups is 1. The SMILES string of the molecule is CC(C)n1cnc(S(=O)(=O)N2C[C@@H]3CCC[C@@]3(C(=O)O)C2)c1. The second kappa shape index (κ2) is 5.06. The van der Waals surface area contributed by atoms with E-state index >= 15 is 0 Å². The minimum atomic E-state index is -3.73. The number of rotatable bonds is 4. The lowest BCUT2D eigenvalue weighted by Gasteiger charge is -2.22. The van der Waals surface area contributed by atoms with Gasteiger partial charge in [-0.05, 0) is 32.6 Å². The Morgan fingerprint density at radius 3 is 2.77 bits per heavy atom. The van der Waals surface area contributed by atoms with Gasteiger partial charge in [0.1, 0.15) is 0 Å². The predicted molar refractivity (Wildman–Crippen MR) is 78.8 cm³/mol. The molecule has 1 saturated heterocycles. The molecule has 1 aliphatic heterocycles. The molecule has 0 unspecified atom stereocenters. The maximum absolute atomic E-state index is 12.7. The second-order valence-electron chi connectivity index (χ2n) is 6.60. The van der Waals surface area contributed by atoms with E-state index in [1.165, 1.54) is 16.8 Å². The van der Waals surface area contributed by atoms with Crippen molar-refractivity contribution < 1.29 is 18.3 Å². The standard InChI is InChI=1S/C14H21N3O4S/c1-10(2)16-7-12(15-9-16)22(20,21)17-6-11-4-3-5-14(11,8-17)13(18)19/h7,9-11H,3-6,8H2,1-2H3,(H,18,19)/t11-,14+/m0/s1. The molecule has 0 radical (unpaired) electrons. The molecule has 7 nitrogen and oxygen atoms in total. The van der Waals surface area contributed by atoms with E-state index < -0.39 is 21.4 Å². The smallest absolute Gasteiger partial charge is 0.311 e. The average Bonchev–Trinajstić information content (AvgIpc) is 3.12. The summed E-state index contributed by atoms with van der Waals surface area (Å²) >= 11 is 0. The van der Waals surface area contributed by atoms with Gasteiger partial charge in [0, 0.05) is 25.3 Å². The van der Waals surface area contributed by atoms with Crippen molar-refractivity contribution in [2.45, 2.75) is 44.2 Å². The van der Waals surface area contributed by atoms with Gasteiger partial charge in [-0.3, -0.25) is 4.79 Å². The van der Waals surface area contributed by atoms with Gasteiger partial charge in [0.15, 0.2) is 5.03 Å². The fourth-order valence-electron chi connectivity index (χ4n) is 3.64. The molecule has 1 N–H and O–H groups in total. The summed E-state index contributed by atoms with van der Waals surface area (Å²) in [5.74, 6) is -0.965. The molecule has 0 amide bonds. The van der Waals surface area contributed by atoms with E-state index in [0.29, 0.717) is 6.42 Å². The molecule has 0 bridgehead atoms. The average molecular weight is 327 g/mol. The molecule has 8 heteroatoms. The molecule has 0 spiro atoms. The van der Waals surface area contributed by atoms with Crippen LogP contribution in [0.3, 0.4) is 0 Å². The van der Waals surface area contributed by atoms with Gasteiger partial charge >= 0.3 is 5.97 Å². The van der Waals surface area contributed by atoms with Crippen molar-refractivity contribution in [1.82, 2.24) is 13.9 Å². The Balaban J connectivity index is 1.89. The minimum absolute atomic E-state index is 0.00159. The Labute approximate surface area is 130 Å². The quantitative estimate of drug-likeness (QED) is 0.901. The molecule has 1 aromatic heterocycles. The highest BCUT2D eigenvalue weighted by molar-refractivity contribution is 7.89. The summed E-state index contributed by atoms with van der Waals surface area (Å²) < 4.78 is 28.5. The third-order valence-electron chi connectivity index (χ3n) is 5.04. The molecule has 122 valence electrons. The monoisotopic (exact) mass is 327 g/mol. The van der Waals surface area contributed by atoms with Gasteiger partial charge in [-0.25, -0.2) is 13.4 Å². The molecule has 3 rings (SSSR count). The van der Waals surface area contributed by atoms with E-state index in [0.717, 1.165) is 12.8 Å². The summed E-state index contributed by atoms with van der Waals surface area (Å²) in [4.78, 5) is 15.7. The number of nitrogens with zero attached hydrogens (tertiary/aromatic N) is 3. The number of carboxylic acid groups (broad SMARTS) is 1. The van der Waals surface area contributed by atoms with Crippen LogP contribution in [0.15, 0.2) is 17.6 Å². The number of sulfonamides is 1. The van der Waals surface area contributed by atoms with Crippen molar-refractivity contribution in [1.29, 1.82) is 0 Å². The summed E-state index contributed by atoms with van der Waals surface area (Å²) in [6.45, 7) is 4.22. The molecule has 1 aliphatic carbocycles. The normalized spacial score (nSPS) is 29.1. The third-order valence-corrected chi connectivity index (χ3v) is 6.74. The highest BCUT2D eigenvalue weighted by atomic mass is 32.2. The number of hydrogen-bond donors (Lipinski definition) is 1. The molecule has 2 fully saturated rings. The molecule has 0 aromatic carbocycles. The zero-order chi connectivity index (χ0) is 16.1. The first kappa shape index (κ1) is 15.5. The Kier molecular flexibility index (Phi) is 3.56. The molecule has 1 saturated carbocycles. The molecular formula is C14H21N3O4S. The van der Waals surface area contributed by atoms with Crippen molar-refractivity contribution in [2.24, 2.45) is 11.3 Å². The largest absolute Gasteiger partial charge is 0.481 e. The minimum Gasteiger partial charge on any atom is -0.481 e. The predicted octanol–water partition coefficient (Wildman–Crippen LogP) is 1.34. The molecule has 1 aromatic rings. The lowest BCUT2D eigenvalue weighted by atomic mass is 9.81. The van der Waals surface area contributed by atoms with Crippen LogP contribution >= 0.6 is 0 Å². The van der Waals surface area contributed by atoms with Gasteiger partial charge in [0.05, 0.1) is 11.7 Å². The Bertz CT molecular complexity index is 697. The lowest BCUT2D eigenvalue weighted by molar-refractivity contribution is -0.149. The molecule has 2 heterocycles. The van der Waals surface area contributed by atoms with E-state index in [9.17, 15) is 18.3 Å². The Morgan fingerprint density at radius 2 is 2.23 bits per heavy atom. The highest BCUT2D eigenvalue weighted by Crippen LogP contribution is 2.49. The van der Waals surface area contributed by atoms with Crippen LogP contribution in [0, 0.1) is 11.3 Å². The Hall–Kier alpha value is -1.41. The summed E-state index contributed by atoms with van der Waals surface area (Å²) in [6.07, 6.45) is 5.20. The zero-order valence-corrected chi connectivity index (χ0v) is 13.6. The summed E-state index contributed by atoms with van der Waals surface area (Å²) in [7, 11) is -3.73. The summed E-state index contributed by atoms with van der Waals surface area (Å²) in [5.41, 5.74) is -0.909. The van der Waals surface area contributed by atoms with Crippen LogP contribution in [0.5, 0.6) is 0 Å². The number of carboxylic acids is 1. The maximum Gasteiger partial charge on any atom is 0.311 e. The fraction of sp³-hybridized carbons (Fsp3) is 0.714. The van der Waals surface area contributed by atoms with Gasteiger partial charge in [-0.2, -0.15) is 4.31 Å². The van der Waals surface area contributed by atoms with Crippen molar-refractivity contribution in [3.63, 3.8) is 0 Å². The summed E-state index contributed by atoms with van der Waals surface area (Å²) in [6, 6.07) is 0.125. The first-order valence-electron chi connectivity index (χ1n) is 7.54. The van der Waals surface area contributed by atoms with E-state index in [4.69, 9.17) is 0 Å². The van der Waals surface area contributed by atoms with Gasteiger partial charge < -0.3 is 9.67 Å². The topological polar surface area (TPSA) is 92.5 Å².